The zero-order valence-corrected chi connectivity index (χ0v) is 44.0. The van der Waals surface area contributed by atoms with Gasteiger partial charge in [0.2, 0.25) is 5.91 Å². The van der Waals surface area contributed by atoms with Crippen LogP contribution in [0.15, 0.2) is 89.1 Å². The van der Waals surface area contributed by atoms with Gasteiger partial charge < -0.3 is 24.6 Å². The fourth-order valence-corrected chi connectivity index (χ4v) is 12.4. The molecule has 1 N–H and O–H groups in total. The Morgan fingerprint density at radius 2 is 1.24 bits per heavy atom. The summed E-state index contributed by atoms with van der Waals surface area (Å²) in [5, 5.41) is 1.15. The summed E-state index contributed by atoms with van der Waals surface area (Å²) in [5.41, 5.74) is 4.23. The zero-order valence-electron chi connectivity index (χ0n) is 42.3. The number of ether oxygens (including phenoxy) is 2. The van der Waals surface area contributed by atoms with Gasteiger partial charge in [-0.05, 0) is 117 Å². The summed E-state index contributed by atoms with van der Waals surface area (Å²) < 4.78 is 66.2. The van der Waals surface area contributed by atoms with Crippen molar-refractivity contribution in [2.45, 2.75) is 126 Å². The number of nitrogens with one attached hydrogen (secondary N) is 1. The van der Waals surface area contributed by atoms with E-state index in [1.165, 1.54) is 6.20 Å². The average Bonchev–Trinajstić information content (AvgIpc) is 4.08. The minimum absolute atomic E-state index is 0.00595. The summed E-state index contributed by atoms with van der Waals surface area (Å²) in [6.07, 6.45) is 13.4. The maximum absolute atomic E-state index is 13.4. The van der Waals surface area contributed by atoms with Crippen molar-refractivity contribution in [3.8, 4) is 0 Å². The van der Waals surface area contributed by atoms with Crippen molar-refractivity contribution in [1.82, 2.24) is 39.5 Å². The monoisotopic (exact) mass is 1020 g/mol. The number of carbonyl (C=O) groups is 3. The van der Waals surface area contributed by atoms with Gasteiger partial charge in [0.1, 0.15) is 27.5 Å². The Morgan fingerprint density at radius 3 is 1.83 bits per heavy atom. The van der Waals surface area contributed by atoms with Crippen LogP contribution in [0, 0.1) is 25.7 Å². The van der Waals surface area contributed by atoms with E-state index in [1.54, 1.807) is 89.0 Å². The van der Waals surface area contributed by atoms with Crippen LogP contribution in [0.4, 0.5) is 9.59 Å². The first-order valence-electron chi connectivity index (χ1n) is 24.3. The molecule has 2 aromatic carbocycles. The SMILES string of the molecule is Cc1ccc(S(=O)(=O)C2C=Cc3c2ncc2cnc(C4CCCN(C(=O)OC(C)(C)C)C4)n32)cc1.Cc1ccc(S(=O)(=O)C2C=Cc3nc(CNC(=O)C4CN(C(=O)OC(C)(C)C)CCC4C)cnc32)cc1. The molecule has 2 aliphatic heterocycles. The molecule has 0 radical (unpaired) electrons. The number of nitrogens with zero attached hydrogens (tertiary/aromatic N) is 7. The molecular formula is C53H64N8O9S2. The van der Waals surface area contributed by atoms with Crippen molar-refractivity contribution < 1.29 is 40.7 Å². The third-order valence-corrected chi connectivity index (χ3v) is 17.1. The van der Waals surface area contributed by atoms with Gasteiger partial charge in [-0.3, -0.25) is 19.2 Å². The molecule has 5 unspecified atom stereocenters. The number of benzene rings is 2. The van der Waals surface area contributed by atoms with Gasteiger partial charge in [-0.15, -0.1) is 0 Å². The Hall–Kier alpha value is -6.47. The van der Waals surface area contributed by atoms with E-state index in [-0.39, 0.29) is 46.1 Å². The van der Waals surface area contributed by atoms with Crippen molar-refractivity contribution >= 4 is 55.4 Å². The molecule has 3 amide bonds. The molecule has 17 nitrogen and oxygen atoms in total. The molecule has 5 aromatic rings. The van der Waals surface area contributed by atoms with Gasteiger partial charge in [-0.2, -0.15) is 0 Å². The molecule has 4 aliphatic rings. The predicted octanol–water partition coefficient (Wildman–Crippen LogP) is 8.53. The van der Waals surface area contributed by atoms with Gasteiger partial charge in [-0.25, -0.2) is 36.4 Å². The van der Waals surface area contributed by atoms with Crippen LogP contribution in [-0.2, 0) is 40.5 Å². The molecule has 382 valence electrons. The highest BCUT2D eigenvalue weighted by atomic mass is 32.2. The predicted molar refractivity (Wildman–Crippen MR) is 272 cm³/mol. The molecule has 5 heterocycles. The van der Waals surface area contributed by atoms with Gasteiger partial charge in [0.05, 0.1) is 74.8 Å². The minimum Gasteiger partial charge on any atom is -0.444 e. The number of fused-ring (bicyclic) bond motifs is 4. The van der Waals surface area contributed by atoms with Crippen LogP contribution in [-0.4, -0.2) is 106 Å². The van der Waals surface area contributed by atoms with Crippen molar-refractivity contribution in [1.29, 1.82) is 0 Å². The van der Waals surface area contributed by atoms with E-state index >= 15 is 0 Å². The molecule has 2 fully saturated rings. The van der Waals surface area contributed by atoms with E-state index in [4.69, 9.17) is 9.47 Å². The number of hydrogen-bond acceptors (Lipinski definition) is 13. The van der Waals surface area contributed by atoms with Gasteiger partial charge in [-0.1, -0.05) is 54.5 Å². The zero-order chi connectivity index (χ0) is 51.9. The van der Waals surface area contributed by atoms with E-state index in [0.717, 1.165) is 41.0 Å². The molecule has 19 heteroatoms. The molecule has 5 atom stereocenters. The van der Waals surface area contributed by atoms with Crippen molar-refractivity contribution in [3.05, 3.63) is 125 Å². The lowest BCUT2D eigenvalue weighted by molar-refractivity contribution is -0.128. The molecule has 3 aromatic heterocycles. The first kappa shape index (κ1) is 51.9. The molecule has 2 aliphatic carbocycles. The van der Waals surface area contributed by atoms with Crippen molar-refractivity contribution in [2.75, 3.05) is 26.2 Å². The third-order valence-electron chi connectivity index (χ3n) is 13.1. The number of piperidine rings is 2. The second-order valence-corrected chi connectivity index (χ2v) is 25.2. The highest BCUT2D eigenvalue weighted by Crippen LogP contribution is 2.39. The smallest absolute Gasteiger partial charge is 0.410 e. The highest BCUT2D eigenvalue weighted by Gasteiger charge is 2.38. The standard InChI is InChI=1S/C27H34N4O5S.C26H30N4O4S/c1-17-6-8-20(9-7-17)37(34,35)23-11-10-22-24(23)28-14-19(30-22)15-29-25(32)21-16-31(13-12-18(21)2)26(33)36-27(3,4)5;1-17-7-9-20(10-8-17)35(32,33)22-12-11-21-23(22)27-14-19-15-28-24(30(19)21)18-6-5-13-29(16-18)25(31)34-26(2,3)4/h6-11,14,18,21,23H,12-13,15-16H2,1-5H3,(H,29,32);7-12,14-15,18,22H,5-6,13,16H2,1-4H3. The second kappa shape index (κ2) is 20.2. The van der Waals surface area contributed by atoms with Crippen LogP contribution in [0.1, 0.15) is 130 Å². The van der Waals surface area contributed by atoms with E-state index < -0.39 is 47.5 Å². The van der Waals surface area contributed by atoms with Crippen LogP contribution < -0.4 is 5.32 Å². The van der Waals surface area contributed by atoms with E-state index in [2.05, 4.69) is 25.3 Å². The quantitative estimate of drug-likeness (QED) is 0.155. The topological polar surface area (TPSA) is 212 Å². The van der Waals surface area contributed by atoms with Gasteiger partial charge in [0, 0.05) is 32.1 Å². The number of rotatable bonds is 8. The Balaban J connectivity index is 0.000000193. The van der Waals surface area contributed by atoms with Crippen molar-refractivity contribution in [2.24, 2.45) is 11.8 Å². The maximum Gasteiger partial charge on any atom is 0.410 e. The normalized spacial score (nSPS) is 20.9. The molecule has 0 bridgehead atoms. The summed E-state index contributed by atoms with van der Waals surface area (Å²) in [4.78, 5) is 60.1. The van der Waals surface area contributed by atoms with Crippen LogP contribution in [0.3, 0.4) is 0 Å². The van der Waals surface area contributed by atoms with E-state index in [0.29, 0.717) is 55.4 Å². The lowest BCUT2D eigenvalue weighted by Crippen LogP contribution is -2.49. The Kier molecular flexibility index (Phi) is 14.6. The van der Waals surface area contributed by atoms with Gasteiger partial charge in [0.15, 0.2) is 19.7 Å². The molecule has 9 rings (SSSR count). The lowest BCUT2D eigenvalue weighted by Gasteiger charge is -2.36. The van der Waals surface area contributed by atoms with Crippen molar-refractivity contribution in [3.63, 3.8) is 0 Å². The summed E-state index contributed by atoms with van der Waals surface area (Å²) in [7, 11) is -7.30. The van der Waals surface area contributed by atoms with E-state index in [9.17, 15) is 31.2 Å². The number of hydrogen-bond donors (Lipinski definition) is 1. The number of likely N-dealkylation sites (tertiary alicyclic amines) is 2. The van der Waals surface area contributed by atoms with Gasteiger partial charge in [0.25, 0.3) is 0 Å². The second-order valence-electron chi connectivity index (χ2n) is 21.1. The molecule has 2 saturated heterocycles. The largest absolute Gasteiger partial charge is 0.444 e. The number of amides is 3. The van der Waals surface area contributed by atoms with E-state index in [1.807, 2.05) is 72.8 Å². The molecule has 0 spiro atoms. The van der Waals surface area contributed by atoms with Gasteiger partial charge >= 0.3 is 12.2 Å². The highest BCUT2D eigenvalue weighted by molar-refractivity contribution is 7.92. The summed E-state index contributed by atoms with van der Waals surface area (Å²) >= 11 is 0. The number of sulfone groups is 2. The number of carbonyl (C=O) groups excluding carboxylic acids is 3. The molecule has 0 saturated carbocycles. The number of aryl methyl sites for hydroxylation is 2. The van der Waals surface area contributed by atoms with Crippen LogP contribution in [0.2, 0.25) is 0 Å². The lowest BCUT2D eigenvalue weighted by atomic mass is 9.86. The van der Waals surface area contributed by atoms with Crippen LogP contribution >= 0.6 is 0 Å². The Morgan fingerprint density at radius 1 is 0.694 bits per heavy atom. The average molecular weight is 1020 g/mol. The maximum atomic E-state index is 13.4. The van der Waals surface area contributed by atoms with Crippen LogP contribution in [0.5, 0.6) is 0 Å². The first-order chi connectivity index (χ1) is 33.9. The minimum atomic E-state index is -3.65. The number of aromatic nitrogens is 5. The third kappa shape index (κ3) is 11.3. The number of imidazole rings is 1. The summed E-state index contributed by atoms with van der Waals surface area (Å²) in [5.74, 6) is 0.392. The summed E-state index contributed by atoms with van der Waals surface area (Å²) in [6, 6.07) is 13.6. The molecular weight excluding hydrogens is 957 g/mol. The van der Waals surface area contributed by atoms with Crippen LogP contribution in [0.25, 0.3) is 17.7 Å². The summed E-state index contributed by atoms with van der Waals surface area (Å²) in [6.45, 7) is 19.0. The first-order valence-corrected chi connectivity index (χ1v) is 27.4. The Bertz CT molecular complexity index is 3160. The fraction of sp³-hybridized carbons (Fsp3) is 0.453. The Labute approximate surface area is 422 Å². The fourth-order valence-electron chi connectivity index (χ4n) is 9.28. The molecule has 72 heavy (non-hydrogen) atoms.